The number of fused-ring (bicyclic) bond motifs is 1. The second-order valence-electron chi connectivity index (χ2n) is 6.58. The van der Waals surface area contributed by atoms with Crippen LogP contribution >= 0.6 is 0 Å². The number of carbonyl (C=O) groups excluding carboxylic acids is 1. The molecule has 3 nitrogen and oxygen atoms in total. The summed E-state index contributed by atoms with van der Waals surface area (Å²) in [5.74, 6) is -0.00288. The van der Waals surface area contributed by atoms with E-state index in [-0.39, 0.29) is 23.5 Å². The van der Waals surface area contributed by atoms with Crippen LogP contribution in [0.5, 0.6) is 0 Å². The quantitative estimate of drug-likeness (QED) is 0.658. The molecular formula is C16H20O3. The van der Waals surface area contributed by atoms with Crippen molar-refractivity contribution in [3.8, 4) is 0 Å². The van der Waals surface area contributed by atoms with Gasteiger partial charge in [0.05, 0.1) is 5.41 Å². The minimum absolute atomic E-state index is 0.00593. The summed E-state index contributed by atoms with van der Waals surface area (Å²) >= 11 is 0. The highest BCUT2D eigenvalue weighted by Gasteiger charge is 2.63. The van der Waals surface area contributed by atoms with Crippen LogP contribution in [0.2, 0.25) is 0 Å². The largest absolute Gasteiger partial charge is 0.508 e. The Morgan fingerprint density at radius 3 is 2.47 bits per heavy atom. The zero-order valence-electron chi connectivity index (χ0n) is 11.8. The van der Waals surface area contributed by atoms with E-state index >= 15 is 0 Å². The summed E-state index contributed by atoms with van der Waals surface area (Å²) in [6.45, 7) is 7.27. The van der Waals surface area contributed by atoms with Gasteiger partial charge < -0.3 is 10.2 Å². The number of allylic oxidation sites excluding steroid dienone is 4. The maximum absolute atomic E-state index is 12.6. The maximum atomic E-state index is 12.6. The number of hydrogen-bond donors (Lipinski definition) is 2. The Balaban J connectivity index is 2.24. The maximum Gasteiger partial charge on any atom is 0.174 e. The molecule has 19 heavy (non-hydrogen) atoms. The lowest BCUT2D eigenvalue weighted by Gasteiger charge is -2.56. The lowest BCUT2D eigenvalue weighted by molar-refractivity contribution is -0.163. The van der Waals surface area contributed by atoms with Crippen LogP contribution in [0, 0.1) is 23.2 Å². The number of ketones is 1. The molecule has 3 heteroatoms. The molecule has 0 unspecified atom stereocenters. The van der Waals surface area contributed by atoms with E-state index in [0.717, 1.165) is 11.1 Å². The van der Waals surface area contributed by atoms with E-state index in [9.17, 15) is 15.0 Å². The second kappa shape index (κ2) is 3.40. The summed E-state index contributed by atoms with van der Waals surface area (Å²) in [7, 11) is 0. The van der Waals surface area contributed by atoms with Crippen LogP contribution in [-0.4, -0.2) is 21.6 Å². The van der Waals surface area contributed by atoms with Gasteiger partial charge in [-0.15, -0.1) is 0 Å². The lowest BCUT2D eigenvalue weighted by atomic mass is 9.47. The van der Waals surface area contributed by atoms with Gasteiger partial charge in [0.15, 0.2) is 5.78 Å². The van der Waals surface area contributed by atoms with Crippen molar-refractivity contribution in [3.05, 3.63) is 35.1 Å². The van der Waals surface area contributed by atoms with Gasteiger partial charge in [0, 0.05) is 17.8 Å². The first-order valence-corrected chi connectivity index (χ1v) is 6.76. The summed E-state index contributed by atoms with van der Waals surface area (Å²) in [6, 6.07) is 0. The van der Waals surface area contributed by atoms with Gasteiger partial charge >= 0.3 is 0 Å². The molecule has 0 aromatic carbocycles. The molecule has 1 saturated carbocycles. The van der Waals surface area contributed by atoms with Crippen molar-refractivity contribution in [1.29, 1.82) is 0 Å². The molecule has 5 atom stereocenters. The van der Waals surface area contributed by atoms with Crippen molar-refractivity contribution >= 4 is 5.78 Å². The average molecular weight is 260 g/mol. The first-order chi connectivity index (χ1) is 8.71. The summed E-state index contributed by atoms with van der Waals surface area (Å²) < 4.78 is 0. The van der Waals surface area contributed by atoms with Crippen LogP contribution in [0.15, 0.2) is 35.1 Å². The molecule has 0 aliphatic heterocycles. The highest BCUT2D eigenvalue weighted by molar-refractivity contribution is 5.97. The second-order valence-corrected chi connectivity index (χ2v) is 6.58. The van der Waals surface area contributed by atoms with E-state index in [1.165, 1.54) is 0 Å². The third-order valence-electron chi connectivity index (χ3n) is 5.39. The number of Topliss-reactive ketones (excluding diaryl/α,β-unsaturated/α-hetero) is 1. The van der Waals surface area contributed by atoms with E-state index in [2.05, 4.69) is 0 Å². The van der Waals surface area contributed by atoms with Gasteiger partial charge in [-0.2, -0.15) is 0 Å². The average Bonchev–Trinajstić information content (AvgIpc) is 2.34. The van der Waals surface area contributed by atoms with Crippen molar-refractivity contribution < 1.29 is 15.0 Å². The smallest absolute Gasteiger partial charge is 0.174 e. The Morgan fingerprint density at radius 2 is 1.84 bits per heavy atom. The number of carbonyl (C=O) groups is 1. The Labute approximate surface area is 113 Å². The van der Waals surface area contributed by atoms with Crippen molar-refractivity contribution in [3.63, 3.8) is 0 Å². The van der Waals surface area contributed by atoms with Crippen LogP contribution in [-0.2, 0) is 4.79 Å². The minimum Gasteiger partial charge on any atom is -0.508 e. The van der Waals surface area contributed by atoms with E-state index < -0.39 is 11.0 Å². The third-order valence-corrected chi connectivity index (χ3v) is 5.39. The van der Waals surface area contributed by atoms with Crippen LogP contribution in [0.4, 0.5) is 0 Å². The molecule has 0 radical (unpaired) electrons. The van der Waals surface area contributed by atoms with Crippen molar-refractivity contribution in [2.45, 2.75) is 33.3 Å². The zero-order chi connectivity index (χ0) is 14.2. The van der Waals surface area contributed by atoms with E-state index in [1.807, 2.05) is 39.0 Å². The zero-order valence-corrected chi connectivity index (χ0v) is 11.8. The molecule has 4 rings (SSSR count). The van der Waals surface area contributed by atoms with Gasteiger partial charge in [0.1, 0.15) is 11.4 Å². The Hall–Kier alpha value is -1.35. The number of aliphatic hydroxyl groups excluding tert-OH is 1. The molecule has 0 aromatic heterocycles. The van der Waals surface area contributed by atoms with Gasteiger partial charge in [-0.1, -0.05) is 18.2 Å². The molecule has 2 N–H and O–H groups in total. The summed E-state index contributed by atoms with van der Waals surface area (Å²) in [6.07, 6.45) is 5.89. The molecule has 4 aliphatic rings. The Kier molecular flexibility index (Phi) is 2.27. The van der Waals surface area contributed by atoms with Gasteiger partial charge in [-0.3, -0.25) is 4.79 Å². The fraction of sp³-hybridized carbons (Fsp3) is 0.562. The fourth-order valence-electron chi connectivity index (χ4n) is 4.22. The summed E-state index contributed by atoms with van der Waals surface area (Å²) in [5.41, 5.74) is -0.302. The fourth-order valence-corrected chi connectivity index (χ4v) is 4.22. The van der Waals surface area contributed by atoms with Gasteiger partial charge in [-0.25, -0.2) is 0 Å². The van der Waals surface area contributed by atoms with Crippen molar-refractivity contribution in [1.82, 2.24) is 0 Å². The van der Waals surface area contributed by atoms with Crippen molar-refractivity contribution in [2.24, 2.45) is 23.2 Å². The number of hydrogen-bond acceptors (Lipinski definition) is 3. The molecule has 4 aliphatic carbocycles. The van der Waals surface area contributed by atoms with Gasteiger partial charge in [0.2, 0.25) is 0 Å². The Bertz CT molecular complexity index is 565. The van der Waals surface area contributed by atoms with E-state index in [4.69, 9.17) is 0 Å². The highest BCUT2D eigenvalue weighted by Crippen LogP contribution is 2.58. The molecule has 0 heterocycles. The van der Waals surface area contributed by atoms with E-state index in [0.29, 0.717) is 5.76 Å². The first-order valence-electron chi connectivity index (χ1n) is 6.76. The van der Waals surface area contributed by atoms with Crippen molar-refractivity contribution in [2.75, 3.05) is 0 Å². The van der Waals surface area contributed by atoms with Crippen LogP contribution in [0.3, 0.4) is 0 Å². The van der Waals surface area contributed by atoms with Crippen LogP contribution in [0.1, 0.15) is 27.7 Å². The molecule has 0 spiro atoms. The molecular weight excluding hydrogens is 240 g/mol. The summed E-state index contributed by atoms with van der Waals surface area (Å²) in [5, 5.41) is 20.7. The predicted molar refractivity (Wildman–Crippen MR) is 72.4 cm³/mol. The SMILES string of the molecule is CC1=C[C@@H]2[C@H](C(C)=C1O)[C@H]1C=C[C@@]2(C)C(=O)[C@]1(C)O. The molecule has 2 bridgehead atoms. The number of rotatable bonds is 0. The van der Waals surface area contributed by atoms with Crippen LogP contribution < -0.4 is 0 Å². The van der Waals surface area contributed by atoms with Crippen LogP contribution in [0.25, 0.3) is 0 Å². The Morgan fingerprint density at radius 1 is 1.21 bits per heavy atom. The molecule has 0 saturated heterocycles. The summed E-state index contributed by atoms with van der Waals surface area (Å²) in [4.78, 5) is 12.6. The molecule has 0 aromatic rings. The predicted octanol–water partition coefficient (Wildman–Crippen LogP) is 2.54. The standard InChI is InChI=1S/C16H20O3/c1-8-7-11-12(9(2)13(8)17)10-5-6-15(11,3)14(18)16(10,4)19/h5-7,10-12,17,19H,1-4H3/t10-,11-,12-,15-,16-/m1/s1. The van der Waals surface area contributed by atoms with E-state index in [1.54, 1.807) is 6.92 Å². The molecule has 1 fully saturated rings. The minimum atomic E-state index is -1.34. The topological polar surface area (TPSA) is 57.5 Å². The third kappa shape index (κ3) is 1.29. The normalized spacial score (nSPS) is 48.4. The molecule has 0 amide bonds. The molecule has 102 valence electrons. The van der Waals surface area contributed by atoms with Gasteiger partial charge in [0.25, 0.3) is 0 Å². The monoisotopic (exact) mass is 260 g/mol. The van der Waals surface area contributed by atoms with Gasteiger partial charge in [-0.05, 0) is 38.8 Å². The first kappa shape index (κ1) is 12.7. The lowest BCUT2D eigenvalue weighted by Crippen LogP contribution is -2.64. The number of aliphatic hydroxyl groups is 2. The highest BCUT2D eigenvalue weighted by atomic mass is 16.3.